The average Bonchev–Trinajstić information content (AvgIpc) is 1.41. The third-order valence-electron chi connectivity index (χ3n) is 0. The minimum Gasteiger partial charge on any atom is -0.907 e. The fourth-order valence-electron chi connectivity index (χ4n) is 0. The summed E-state index contributed by atoms with van der Waals surface area (Å²) in [4.78, 5) is 0. The van der Waals surface area contributed by atoms with Crippen LogP contribution >= 0.6 is 0 Å². The molecule has 0 aliphatic heterocycles. The van der Waals surface area contributed by atoms with Crippen molar-refractivity contribution >= 4 is 7.32 Å². The summed E-state index contributed by atoms with van der Waals surface area (Å²) in [6.07, 6.45) is 0. The molecule has 0 saturated heterocycles. The molecule has 0 aliphatic rings. The van der Waals surface area contributed by atoms with Gasteiger partial charge in [0, 0.05) is 0 Å². The van der Waals surface area contributed by atoms with E-state index in [0.29, 0.717) is 0 Å². The summed E-state index contributed by atoms with van der Waals surface area (Å²) in [6.45, 7) is 0. The van der Waals surface area contributed by atoms with Gasteiger partial charge in [0.15, 0.2) is 0 Å². The first-order valence-corrected chi connectivity index (χ1v) is 0.907. The van der Waals surface area contributed by atoms with Gasteiger partial charge in [0.2, 0.25) is 0 Å². The predicted octanol–water partition coefficient (Wildman–Crippen LogP) is -15.4. The van der Waals surface area contributed by atoms with E-state index in [0.717, 1.165) is 0 Å². The van der Waals surface area contributed by atoms with Crippen LogP contribution in [-0.4, -0.2) is 34.3 Å². The molecule has 0 fully saturated rings. The van der Waals surface area contributed by atoms with E-state index in [4.69, 9.17) is 25.6 Å². The Bertz CT molecular complexity index is 19.0. The van der Waals surface area contributed by atoms with Crippen LogP contribution in [0.25, 0.3) is 0 Å². The summed E-state index contributed by atoms with van der Waals surface area (Å²) < 4.78 is 0. The van der Waals surface area contributed by atoms with Gasteiger partial charge in [-0.05, 0) is 0 Å². The van der Waals surface area contributed by atoms with Gasteiger partial charge >= 0.3 is 88.7 Å². The molecule has 62 valence electrons. The summed E-state index contributed by atoms with van der Waals surface area (Å²) in [5.74, 6) is 0. The number of hydrogen-bond donors (Lipinski definition) is 2. The second kappa shape index (κ2) is 67.6. The van der Waals surface area contributed by atoms with Crippen LogP contribution < -0.4 is 104 Å². The molecule has 0 radical (unpaired) electrons. The molecule has 0 aromatic carbocycles. The first kappa shape index (κ1) is 61.2. The van der Waals surface area contributed by atoms with E-state index >= 15 is 0 Å². The predicted molar refractivity (Wildman–Crippen MR) is 21.9 cm³/mol. The largest absolute Gasteiger partial charge is 1.00 e. The monoisotopic (exact) mass is 216 g/mol. The Labute approximate surface area is 136 Å². The molecule has 0 aromatic heterocycles. The Kier molecular flexibility index (Phi) is 345. The van der Waals surface area contributed by atoms with Crippen LogP contribution in [0.15, 0.2) is 0 Å². The summed E-state index contributed by atoms with van der Waals surface area (Å²) in [5, 5.41) is 37.2. The van der Waals surface area contributed by atoms with Crippen LogP contribution in [0.5, 0.6) is 0 Å². The van der Waals surface area contributed by atoms with Crippen LogP contribution in [0.2, 0.25) is 0 Å². The van der Waals surface area contributed by atoms with E-state index in [9.17, 15) is 0 Å². The molecule has 0 bridgehead atoms. The Morgan fingerprint density at radius 2 is 0.667 bits per heavy atom. The van der Waals surface area contributed by atoms with E-state index in [1.165, 1.54) is 0 Å². The van der Waals surface area contributed by atoms with E-state index in [1.807, 2.05) is 0 Å². The zero-order valence-electron chi connectivity index (χ0n) is 7.20. The Morgan fingerprint density at radius 1 is 0.667 bits per heavy atom. The molecule has 0 aliphatic carbocycles. The van der Waals surface area contributed by atoms with Crippen LogP contribution in [-0.2, 0) is 0 Å². The molecule has 0 atom stereocenters. The fourth-order valence-corrected chi connectivity index (χ4v) is 0. The molecular formula is H8BNa3O8. The first-order chi connectivity index (χ1) is 2.73. The molecule has 12 heteroatoms. The third kappa shape index (κ3) is 233. The van der Waals surface area contributed by atoms with Gasteiger partial charge in [0.05, 0.1) is 0 Å². The third-order valence-corrected chi connectivity index (χ3v) is 0. The maximum absolute atomic E-state index is 8.42. The van der Waals surface area contributed by atoms with Crippen molar-refractivity contribution < 1.29 is 131 Å². The van der Waals surface area contributed by atoms with Gasteiger partial charge < -0.3 is 31.5 Å². The average molecular weight is 216 g/mol. The summed E-state index contributed by atoms with van der Waals surface area (Å²) >= 11 is 0. The quantitative estimate of drug-likeness (QED) is 0.229. The van der Waals surface area contributed by atoms with Gasteiger partial charge in [-0.25, -0.2) is 0 Å². The summed E-state index contributed by atoms with van der Waals surface area (Å²) in [7, 11) is -2.92. The van der Waals surface area contributed by atoms with Gasteiger partial charge in [0.1, 0.15) is 0 Å². The molecule has 8 nitrogen and oxygen atoms in total. The van der Waals surface area contributed by atoms with E-state index < -0.39 is 7.32 Å². The minimum absolute atomic E-state index is 0. The molecule has 0 aromatic rings. The molecule has 8 N–H and O–H groups in total. The summed E-state index contributed by atoms with van der Waals surface area (Å²) in [6, 6.07) is 0. The normalized spacial score (nSPS) is 2.75. The Hall–Kier alpha value is 2.74. The van der Waals surface area contributed by atoms with Gasteiger partial charge in [0.25, 0.3) is 0 Å². The van der Waals surface area contributed by atoms with E-state index in [2.05, 4.69) is 0 Å². The second-order valence-electron chi connectivity index (χ2n) is 0.289. The van der Waals surface area contributed by atoms with E-state index in [-0.39, 0.29) is 105 Å². The van der Waals surface area contributed by atoms with Crippen molar-refractivity contribution in [2.24, 2.45) is 0 Å². The first-order valence-electron chi connectivity index (χ1n) is 0.907. The zero-order valence-corrected chi connectivity index (χ0v) is 13.2. The molecule has 12 heavy (non-hydrogen) atoms. The van der Waals surface area contributed by atoms with Crippen LogP contribution in [0.3, 0.4) is 0 Å². The van der Waals surface area contributed by atoms with Crippen molar-refractivity contribution in [2.45, 2.75) is 0 Å². The maximum Gasteiger partial charge on any atom is 1.00 e. The Balaban J connectivity index is -0.00000000317. The second-order valence-corrected chi connectivity index (χ2v) is 0.289. The molecule has 0 heterocycles. The van der Waals surface area contributed by atoms with Crippen molar-refractivity contribution in [2.75, 3.05) is 0 Å². The van der Waals surface area contributed by atoms with Gasteiger partial charge in [-0.2, -0.15) is 0 Å². The van der Waals surface area contributed by atoms with Gasteiger partial charge in [-0.15, -0.1) is 0 Å². The van der Waals surface area contributed by atoms with Crippen molar-refractivity contribution in [3.8, 4) is 0 Å². The van der Waals surface area contributed by atoms with Crippen molar-refractivity contribution in [3.63, 3.8) is 0 Å². The van der Waals surface area contributed by atoms with Crippen LogP contribution in [0.4, 0.5) is 0 Å². The van der Waals surface area contributed by atoms with Gasteiger partial charge in [-0.3, -0.25) is 17.8 Å². The smallest absolute Gasteiger partial charge is 0.907 e. The van der Waals surface area contributed by atoms with Crippen molar-refractivity contribution in [1.29, 1.82) is 0 Å². The number of rotatable bonds is 0. The fraction of sp³-hybridized carbons (Fsp3) is 0. The molecule has 0 amide bonds. The minimum atomic E-state index is -2.92. The Morgan fingerprint density at radius 3 is 0.667 bits per heavy atom. The molecule has 0 rings (SSSR count). The standard InChI is InChI=1S/BO3.3Na.H2O2.3H2O/c2-1(3)4;;;;1-2;;;/h;;;;1-2H;3*1H2/q-3;3*+1;;;;. The molecular weight excluding hydrogens is 208 g/mol. The topological polar surface area (TPSA) is 204 Å². The molecule has 0 unspecified atom stereocenters. The van der Waals surface area contributed by atoms with Crippen LogP contribution in [0, 0.1) is 0 Å². The van der Waals surface area contributed by atoms with E-state index in [1.54, 1.807) is 0 Å². The van der Waals surface area contributed by atoms with Crippen molar-refractivity contribution in [1.82, 2.24) is 0 Å². The van der Waals surface area contributed by atoms with Gasteiger partial charge in [-0.1, -0.05) is 0 Å². The zero-order chi connectivity index (χ0) is 5.58. The maximum atomic E-state index is 8.42. The van der Waals surface area contributed by atoms with Crippen LogP contribution in [0.1, 0.15) is 0 Å². The van der Waals surface area contributed by atoms with Crippen molar-refractivity contribution in [3.05, 3.63) is 0 Å². The summed E-state index contributed by atoms with van der Waals surface area (Å²) in [5.41, 5.74) is 0. The molecule has 0 spiro atoms. The molecule has 0 saturated carbocycles. The number of hydrogen-bond acceptors (Lipinski definition) is 5. The SMILES string of the molecule is O.O.O.OO.[Na+].[Na+].[Na+].[O-]B([O-])[O-].